The fraction of sp³-hybridized carbons (Fsp3) is 0.182. The molecule has 0 aliphatic rings. The summed E-state index contributed by atoms with van der Waals surface area (Å²) in [6.07, 6.45) is 0.464. The van der Waals surface area contributed by atoms with E-state index in [1.165, 1.54) is 17.4 Å². The maximum Gasteiger partial charge on any atom is 0.126 e. The quantitative estimate of drug-likeness (QED) is 0.674. The number of hydrogen-bond donors (Lipinski definition) is 2. The summed E-state index contributed by atoms with van der Waals surface area (Å²) in [4.78, 5) is 4.18. The monoisotopic (exact) mass is 315 g/mol. The summed E-state index contributed by atoms with van der Waals surface area (Å²) in [6.45, 7) is 0. The van der Waals surface area contributed by atoms with Gasteiger partial charge >= 0.3 is 0 Å². The van der Waals surface area contributed by atoms with Crippen molar-refractivity contribution in [3.05, 3.63) is 50.6 Å². The predicted octanol–water partition coefficient (Wildman–Crippen LogP) is 2.79. The highest BCUT2D eigenvalue weighted by atomic mass is 79.9. The van der Waals surface area contributed by atoms with E-state index in [0.717, 1.165) is 10.2 Å². The number of halogens is 2. The van der Waals surface area contributed by atoms with E-state index in [1.807, 2.05) is 5.38 Å². The molecule has 1 atom stereocenters. The van der Waals surface area contributed by atoms with Gasteiger partial charge in [0.2, 0.25) is 0 Å². The molecule has 1 aromatic carbocycles. The van der Waals surface area contributed by atoms with Crippen LogP contribution < -0.4 is 11.3 Å². The Morgan fingerprint density at radius 1 is 1.53 bits per heavy atom. The van der Waals surface area contributed by atoms with Crippen LogP contribution in [-0.2, 0) is 6.42 Å². The van der Waals surface area contributed by atoms with E-state index in [9.17, 15) is 4.39 Å². The lowest BCUT2D eigenvalue weighted by Crippen LogP contribution is -2.30. The normalized spacial score (nSPS) is 12.6. The Morgan fingerprint density at radius 3 is 3.00 bits per heavy atom. The molecule has 2 aromatic rings. The van der Waals surface area contributed by atoms with Gasteiger partial charge in [0.1, 0.15) is 5.82 Å². The number of hydrogen-bond acceptors (Lipinski definition) is 4. The Kier molecular flexibility index (Phi) is 4.22. The highest BCUT2D eigenvalue weighted by Gasteiger charge is 2.15. The average molecular weight is 316 g/mol. The third-order valence-corrected chi connectivity index (χ3v) is 3.54. The van der Waals surface area contributed by atoms with Crippen LogP contribution in [0.15, 0.2) is 33.6 Å². The number of thiazole rings is 1. The summed E-state index contributed by atoms with van der Waals surface area (Å²) in [5, 5.41) is 1.90. The van der Waals surface area contributed by atoms with Crippen LogP contribution >= 0.6 is 27.3 Å². The lowest BCUT2D eigenvalue weighted by molar-refractivity contribution is 0.520. The van der Waals surface area contributed by atoms with Gasteiger partial charge in [-0.3, -0.25) is 11.3 Å². The zero-order valence-electron chi connectivity index (χ0n) is 8.86. The molecular formula is C11H11BrFN3S. The highest BCUT2D eigenvalue weighted by molar-refractivity contribution is 9.10. The standard InChI is InChI=1S/C11H11BrFN3S/c12-8-1-2-9(13)7(3-8)4-10(16-14)11-5-17-6-15-11/h1-3,5-6,10,16H,4,14H2. The molecule has 90 valence electrons. The summed E-state index contributed by atoms with van der Waals surface area (Å²) in [6, 6.07) is 4.69. The molecule has 0 aliphatic carbocycles. The molecule has 6 heteroatoms. The minimum atomic E-state index is -0.233. The van der Waals surface area contributed by atoms with Crippen LogP contribution in [0, 0.1) is 5.82 Å². The van der Waals surface area contributed by atoms with Crippen molar-refractivity contribution in [3.8, 4) is 0 Å². The first-order chi connectivity index (χ1) is 8.20. The fourth-order valence-corrected chi connectivity index (χ4v) is 2.58. The van der Waals surface area contributed by atoms with Crippen molar-refractivity contribution in [1.29, 1.82) is 0 Å². The summed E-state index contributed by atoms with van der Waals surface area (Å²) in [5.74, 6) is 5.25. The van der Waals surface area contributed by atoms with Gasteiger partial charge in [0.05, 0.1) is 17.2 Å². The molecule has 0 amide bonds. The number of benzene rings is 1. The van der Waals surface area contributed by atoms with Crippen LogP contribution in [0.1, 0.15) is 17.3 Å². The van der Waals surface area contributed by atoms with E-state index in [2.05, 4.69) is 26.3 Å². The van der Waals surface area contributed by atoms with Gasteiger partial charge in [0.15, 0.2) is 0 Å². The van der Waals surface area contributed by atoms with Crippen molar-refractivity contribution in [2.24, 2.45) is 5.84 Å². The third kappa shape index (κ3) is 3.10. The van der Waals surface area contributed by atoms with E-state index in [1.54, 1.807) is 17.6 Å². The van der Waals surface area contributed by atoms with E-state index in [-0.39, 0.29) is 11.9 Å². The molecule has 0 aliphatic heterocycles. The van der Waals surface area contributed by atoms with Crippen LogP contribution in [0.4, 0.5) is 4.39 Å². The largest absolute Gasteiger partial charge is 0.271 e. The van der Waals surface area contributed by atoms with Crippen LogP contribution in [0.2, 0.25) is 0 Å². The fourth-order valence-electron chi connectivity index (χ4n) is 1.56. The zero-order chi connectivity index (χ0) is 12.3. The molecule has 3 nitrogen and oxygen atoms in total. The van der Waals surface area contributed by atoms with Gasteiger partial charge in [-0.25, -0.2) is 9.37 Å². The Morgan fingerprint density at radius 2 is 2.35 bits per heavy atom. The SMILES string of the molecule is NNC(Cc1cc(Br)ccc1F)c1cscn1. The van der Waals surface area contributed by atoms with Crippen LogP contribution in [0.3, 0.4) is 0 Å². The molecule has 1 unspecified atom stereocenters. The molecule has 2 rings (SSSR count). The molecule has 0 bridgehead atoms. The molecular weight excluding hydrogens is 305 g/mol. The number of nitrogens with one attached hydrogen (secondary N) is 1. The maximum absolute atomic E-state index is 13.6. The number of hydrazine groups is 1. The van der Waals surface area contributed by atoms with Crippen LogP contribution in [0.5, 0.6) is 0 Å². The van der Waals surface area contributed by atoms with E-state index in [4.69, 9.17) is 5.84 Å². The summed E-state index contributed by atoms with van der Waals surface area (Å²) >= 11 is 4.82. The number of aromatic nitrogens is 1. The molecule has 0 spiro atoms. The highest BCUT2D eigenvalue weighted by Crippen LogP contribution is 2.22. The van der Waals surface area contributed by atoms with Crippen molar-refractivity contribution in [2.75, 3.05) is 0 Å². The molecule has 0 radical (unpaired) electrons. The lowest BCUT2D eigenvalue weighted by atomic mass is 10.0. The first-order valence-corrected chi connectivity index (χ1v) is 6.72. The van der Waals surface area contributed by atoms with Crippen molar-refractivity contribution in [2.45, 2.75) is 12.5 Å². The number of rotatable bonds is 4. The zero-order valence-corrected chi connectivity index (χ0v) is 11.3. The second kappa shape index (κ2) is 5.68. The second-order valence-electron chi connectivity index (χ2n) is 3.57. The maximum atomic E-state index is 13.6. The smallest absolute Gasteiger partial charge is 0.126 e. The van der Waals surface area contributed by atoms with Crippen molar-refractivity contribution in [3.63, 3.8) is 0 Å². The van der Waals surface area contributed by atoms with Crippen LogP contribution in [0.25, 0.3) is 0 Å². The molecule has 0 fully saturated rings. The predicted molar refractivity (Wildman–Crippen MR) is 70.0 cm³/mol. The van der Waals surface area contributed by atoms with Gasteiger partial charge in [-0.05, 0) is 30.2 Å². The van der Waals surface area contributed by atoms with Crippen molar-refractivity contribution in [1.82, 2.24) is 10.4 Å². The van der Waals surface area contributed by atoms with Gasteiger partial charge < -0.3 is 0 Å². The lowest BCUT2D eigenvalue weighted by Gasteiger charge is -2.14. The second-order valence-corrected chi connectivity index (χ2v) is 5.21. The first-order valence-electron chi connectivity index (χ1n) is 4.99. The Labute approximate surface area is 111 Å². The van der Waals surface area contributed by atoms with Gasteiger partial charge in [0, 0.05) is 9.85 Å². The third-order valence-electron chi connectivity index (χ3n) is 2.44. The van der Waals surface area contributed by atoms with E-state index < -0.39 is 0 Å². The Hall–Kier alpha value is -0.820. The number of nitrogens with two attached hydrogens (primary N) is 1. The summed E-state index contributed by atoms with van der Waals surface area (Å²) in [7, 11) is 0. The Bertz CT molecular complexity index is 489. The first kappa shape index (κ1) is 12.6. The molecule has 0 saturated heterocycles. The molecule has 1 heterocycles. The molecule has 17 heavy (non-hydrogen) atoms. The minimum Gasteiger partial charge on any atom is -0.271 e. The van der Waals surface area contributed by atoms with Gasteiger partial charge in [-0.1, -0.05) is 15.9 Å². The summed E-state index contributed by atoms with van der Waals surface area (Å²) in [5.41, 5.74) is 5.83. The summed E-state index contributed by atoms with van der Waals surface area (Å²) < 4.78 is 14.5. The van der Waals surface area contributed by atoms with E-state index in [0.29, 0.717) is 12.0 Å². The number of nitrogens with zero attached hydrogens (tertiary/aromatic N) is 1. The van der Waals surface area contributed by atoms with Gasteiger partial charge in [-0.2, -0.15) is 0 Å². The molecule has 0 saturated carbocycles. The minimum absolute atomic E-state index is 0.176. The van der Waals surface area contributed by atoms with E-state index >= 15 is 0 Å². The van der Waals surface area contributed by atoms with Gasteiger partial charge in [-0.15, -0.1) is 11.3 Å². The van der Waals surface area contributed by atoms with Crippen molar-refractivity contribution < 1.29 is 4.39 Å². The molecule has 1 aromatic heterocycles. The van der Waals surface area contributed by atoms with Crippen molar-refractivity contribution >= 4 is 27.3 Å². The van der Waals surface area contributed by atoms with Crippen LogP contribution in [-0.4, -0.2) is 4.98 Å². The topological polar surface area (TPSA) is 50.9 Å². The van der Waals surface area contributed by atoms with Gasteiger partial charge in [0.25, 0.3) is 0 Å². The molecule has 3 N–H and O–H groups in total. The Balaban J connectivity index is 2.21. The average Bonchev–Trinajstić information content (AvgIpc) is 2.84.